The number of hydrogen-bond donors (Lipinski definition) is 0. The number of nitriles is 2. The second-order valence-electron chi connectivity index (χ2n) is 10.2. The number of fused-ring (bicyclic) bond motifs is 10. The van der Waals surface area contributed by atoms with Crippen LogP contribution in [0.1, 0.15) is 11.1 Å². The van der Waals surface area contributed by atoms with Crippen molar-refractivity contribution >= 4 is 96.5 Å². The zero-order valence-electron chi connectivity index (χ0n) is 22.2. The molecule has 8 rings (SSSR count). The normalized spacial score (nSPS) is 11.0. The number of benzene rings is 8. The maximum absolute atomic E-state index is 9.19. The van der Waals surface area contributed by atoms with E-state index in [1.807, 2.05) is 42.5 Å². The smallest absolute Gasteiger partial charge is 0.0991 e. The Morgan fingerprint density at radius 3 is 1.45 bits per heavy atom. The summed E-state index contributed by atoms with van der Waals surface area (Å²) in [7, 11) is 0. The van der Waals surface area contributed by atoms with E-state index in [9.17, 15) is 5.26 Å². The maximum Gasteiger partial charge on any atom is 0.0991 e. The summed E-state index contributed by atoms with van der Waals surface area (Å²) in [5.74, 6) is 0. The molecule has 0 unspecified atom stereocenters. The fourth-order valence-electron chi connectivity index (χ4n) is 5.87. The first-order valence-electron chi connectivity index (χ1n) is 13.4. The summed E-state index contributed by atoms with van der Waals surface area (Å²) < 4.78 is 2.12. The van der Waals surface area contributed by atoms with E-state index in [-0.39, 0.29) is 0 Å². The highest BCUT2D eigenvalue weighted by atomic mass is 79.9. The molecule has 42 heavy (non-hydrogen) atoms. The fourth-order valence-corrected chi connectivity index (χ4v) is 7.02. The van der Waals surface area contributed by atoms with Crippen LogP contribution in [0.5, 0.6) is 0 Å². The molecule has 0 aliphatic carbocycles. The van der Waals surface area contributed by atoms with Crippen molar-refractivity contribution < 1.29 is 0 Å². The Kier molecular flexibility index (Phi) is 6.60. The summed E-state index contributed by atoms with van der Waals surface area (Å²) in [6.07, 6.45) is 0. The van der Waals surface area contributed by atoms with Crippen molar-refractivity contribution in [3.8, 4) is 12.1 Å². The standard InChI is InChI=1S/C19H9Br2N.C19H11N/c20-18-9-17-15-7-11(10-22)5-6-14(15)19(21)8-16(17)12-3-1-2-4-13(12)18;20-12-13-5-6-15-8-9-17-16-4-2-1-3-14(16)7-10-18(17)19(15)11-13/h1-9H;1-11H. The van der Waals surface area contributed by atoms with Gasteiger partial charge in [-0.15, -0.1) is 0 Å². The number of rotatable bonds is 0. The molecule has 0 saturated heterocycles. The Morgan fingerprint density at radius 1 is 0.357 bits per heavy atom. The molecule has 0 aliphatic rings. The summed E-state index contributed by atoms with van der Waals surface area (Å²) >= 11 is 7.36. The molecule has 4 heteroatoms. The lowest BCUT2D eigenvalue weighted by Crippen LogP contribution is -1.85. The third-order valence-corrected chi connectivity index (χ3v) is 9.19. The highest BCUT2D eigenvalue weighted by Crippen LogP contribution is 2.39. The van der Waals surface area contributed by atoms with Crippen LogP contribution in [-0.4, -0.2) is 0 Å². The van der Waals surface area contributed by atoms with Crippen molar-refractivity contribution in [3.05, 3.63) is 141 Å². The molecular formula is C38H20Br2N2. The largest absolute Gasteiger partial charge is 0.192 e. The van der Waals surface area contributed by atoms with Gasteiger partial charge in [0.05, 0.1) is 23.3 Å². The lowest BCUT2D eigenvalue weighted by molar-refractivity contribution is 1.50. The van der Waals surface area contributed by atoms with E-state index < -0.39 is 0 Å². The molecular weight excluding hydrogens is 644 g/mol. The topological polar surface area (TPSA) is 47.6 Å². The molecule has 0 aromatic heterocycles. The van der Waals surface area contributed by atoms with E-state index >= 15 is 0 Å². The molecule has 0 spiro atoms. The first-order chi connectivity index (χ1) is 20.6. The molecule has 0 aliphatic heterocycles. The molecule has 0 fully saturated rings. The van der Waals surface area contributed by atoms with Crippen LogP contribution in [0.3, 0.4) is 0 Å². The molecule has 0 bridgehead atoms. The van der Waals surface area contributed by atoms with Gasteiger partial charge in [-0.05, 0) is 101 Å². The van der Waals surface area contributed by atoms with Gasteiger partial charge >= 0.3 is 0 Å². The second-order valence-corrected chi connectivity index (χ2v) is 11.9. The average molecular weight is 664 g/mol. The molecule has 0 radical (unpaired) electrons. The van der Waals surface area contributed by atoms with E-state index in [1.165, 1.54) is 43.1 Å². The van der Waals surface area contributed by atoms with Crippen LogP contribution in [0.25, 0.3) is 64.6 Å². The van der Waals surface area contributed by atoms with Crippen molar-refractivity contribution in [2.24, 2.45) is 0 Å². The van der Waals surface area contributed by atoms with Gasteiger partial charge in [-0.25, -0.2) is 0 Å². The van der Waals surface area contributed by atoms with E-state index in [0.717, 1.165) is 30.5 Å². The molecule has 8 aromatic rings. The third-order valence-electron chi connectivity index (χ3n) is 7.88. The third kappa shape index (κ3) is 4.38. The van der Waals surface area contributed by atoms with Crippen molar-refractivity contribution in [2.75, 3.05) is 0 Å². The van der Waals surface area contributed by atoms with Gasteiger partial charge < -0.3 is 0 Å². The minimum Gasteiger partial charge on any atom is -0.192 e. The van der Waals surface area contributed by atoms with Crippen molar-refractivity contribution in [1.82, 2.24) is 0 Å². The van der Waals surface area contributed by atoms with Gasteiger partial charge in [0.15, 0.2) is 0 Å². The number of halogens is 2. The molecule has 2 nitrogen and oxygen atoms in total. The first kappa shape index (κ1) is 26.2. The number of hydrogen-bond acceptors (Lipinski definition) is 2. The Morgan fingerprint density at radius 2 is 0.762 bits per heavy atom. The molecule has 0 atom stereocenters. The van der Waals surface area contributed by atoms with Gasteiger partial charge in [-0.2, -0.15) is 10.5 Å². The van der Waals surface area contributed by atoms with Gasteiger partial charge in [0.25, 0.3) is 0 Å². The van der Waals surface area contributed by atoms with Crippen LogP contribution in [-0.2, 0) is 0 Å². The first-order valence-corrected chi connectivity index (χ1v) is 15.0. The monoisotopic (exact) mass is 662 g/mol. The zero-order valence-corrected chi connectivity index (χ0v) is 25.4. The fraction of sp³-hybridized carbons (Fsp3) is 0. The predicted molar refractivity (Wildman–Crippen MR) is 183 cm³/mol. The van der Waals surface area contributed by atoms with Crippen LogP contribution < -0.4 is 0 Å². The SMILES string of the molecule is N#Cc1ccc2c(Br)cc3c4ccccc4c(Br)cc3c2c1.N#Cc1ccc2ccc3c4ccccc4ccc3c2c1. The molecule has 0 heterocycles. The van der Waals surface area contributed by atoms with E-state index in [0.29, 0.717) is 11.1 Å². The minimum absolute atomic E-state index is 0.677. The zero-order chi connectivity index (χ0) is 28.8. The second kappa shape index (κ2) is 10.6. The van der Waals surface area contributed by atoms with Gasteiger partial charge in [-0.3, -0.25) is 0 Å². The summed E-state index contributed by atoms with van der Waals surface area (Å²) in [6.45, 7) is 0. The van der Waals surface area contributed by atoms with Crippen molar-refractivity contribution in [3.63, 3.8) is 0 Å². The summed E-state index contributed by atoms with van der Waals surface area (Å²) in [5, 5.41) is 32.5. The van der Waals surface area contributed by atoms with Crippen molar-refractivity contribution in [2.45, 2.75) is 0 Å². The van der Waals surface area contributed by atoms with Gasteiger partial charge in [0.2, 0.25) is 0 Å². The number of nitrogens with zero attached hydrogens (tertiary/aromatic N) is 2. The van der Waals surface area contributed by atoms with Crippen LogP contribution >= 0.6 is 31.9 Å². The molecule has 0 saturated carbocycles. The highest BCUT2D eigenvalue weighted by Gasteiger charge is 2.11. The summed E-state index contributed by atoms with van der Waals surface area (Å²) in [5.41, 5.74) is 1.38. The lowest BCUT2D eigenvalue weighted by Gasteiger charge is -2.11. The molecule has 0 N–H and O–H groups in total. The lowest BCUT2D eigenvalue weighted by atomic mass is 9.96. The maximum atomic E-state index is 9.19. The van der Waals surface area contributed by atoms with Crippen molar-refractivity contribution in [1.29, 1.82) is 10.5 Å². The van der Waals surface area contributed by atoms with Crippen LogP contribution in [0.4, 0.5) is 0 Å². The van der Waals surface area contributed by atoms with Gasteiger partial charge in [-0.1, -0.05) is 117 Å². The summed E-state index contributed by atoms with van der Waals surface area (Å²) in [4.78, 5) is 0. The molecule has 196 valence electrons. The van der Waals surface area contributed by atoms with Crippen LogP contribution in [0.2, 0.25) is 0 Å². The van der Waals surface area contributed by atoms with Gasteiger partial charge in [0.1, 0.15) is 0 Å². The van der Waals surface area contributed by atoms with Crippen LogP contribution in [0, 0.1) is 22.7 Å². The Hall–Kier alpha value is -4.74. The quantitative estimate of drug-likeness (QED) is 0.152. The van der Waals surface area contributed by atoms with E-state index in [4.69, 9.17) is 5.26 Å². The highest BCUT2D eigenvalue weighted by molar-refractivity contribution is 9.11. The molecule has 0 amide bonds. The van der Waals surface area contributed by atoms with E-state index in [1.54, 1.807) is 0 Å². The van der Waals surface area contributed by atoms with Crippen LogP contribution in [0.15, 0.2) is 130 Å². The average Bonchev–Trinajstić information content (AvgIpc) is 3.05. The minimum atomic E-state index is 0.677. The van der Waals surface area contributed by atoms with Gasteiger partial charge in [0, 0.05) is 8.95 Å². The Bertz CT molecular complexity index is 2460. The molecule has 8 aromatic carbocycles. The Labute approximate surface area is 259 Å². The summed E-state index contributed by atoms with van der Waals surface area (Å²) in [6, 6.07) is 45.8. The predicted octanol–water partition coefficient (Wildman–Crippen LogP) is 11.6. The van der Waals surface area contributed by atoms with E-state index in [2.05, 4.69) is 123 Å². The Balaban J connectivity index is 0.000000138.